The molecule has 1 aliphatic rings. The van der Waals surface area contributed by atoms with Crippen LogP contribution in [0, 0.1) is 0 Å². The molecule has 152 valence electrons. The molecule has 1 heterocycles. The minimum atomic E-state index is -4.55. The van der Waals surface area contributed by atoms with Crippen molar-refractivity contribution in [3.05, 3.63) is 41.6 Å². The van der Waals surface area contributed by atoms with Gasteiger partial charge in [0.05, 0.1) is 0 Å². The molecule has 1 aliphatic carbocycles. The van der Waals surface area contributed by atoms with E-state index in [9.17, 15) is 13.2 Å². The normalized spacial score (nSPS) is 15.5. The van der Waals surface area contributed by atoms with Crippen LogP contribution in [0.15, 0.2) is 30.5 Å². The number of aromatic nitrogens is 2. The average molecular weight is 393 g/mol. The van der Waals surface area contributed by atoms with E-state index < -0.39 is 11.7 Å². The minimum Gasteiger partial charge on any atom is -0.460 e. The number of rotatable bonds is 6. The first-order chi connectivity index (χ1) is 13.4. The van der Waals surface area contributed by atoms with Crippen LogP contribution in [0.4, 0.5) is 24.7 Å². The molecule has 0 bridgehead atoms. The average Bonchev–Trinajstić information content (AvgIpc) is 2.68. The van der Waals surface area contributed by atoms with Gasteiger partial charge in [-0.05, 0) is 49.8 Å². The van der Waals surface area contributed by atoms with E-state index in [4.69, 9.17) is 4.74 Å². The van der Waals surface area contributed by atoms with Gasteiger partial charge in [0.1, 0.15) is 11.7 Å². The summed E-state index contributed by atoms with van der Waals surface area (Å²) in [6, 6.07) is 7.50. The van der Waals surface area contributed by atoms with Gasteiger partial charge in [-0.3, -0.25) is 0 Å². The van der Waals surface area contributed by atoms with Gasteiger partial charge in [0.15, 0.2) is 5.82 Å². The zero-order chi connectivity index (χ0) is 20.1. The highest BCUT2D eigenvalue weighted by molar-refractivity contribution is 5.63. The maximum atomic E-state index is 13.5. The summed E-state index contributed by atoms with van der Waals surface area (Å²) < 4.78 is 46.4. The first-order valence-corrected chi connectivity index (χ1v) is 9.82. The van der Waals surface area contributed by atoms with Crippen molar-refractivity contribution in [3.63, 3.8) is 0 Å². The molecule has 1 aromatic heterocycles. The Morgan fingerprint density at radius 2 is 1.79 bits per heavy atom. The number of benzene rings is 1. The summed E-state index contributed by atoms with van der Waals surface area (Å²) in [7, 11) is 1.58. The lowest BCUT2D eigenvalue weighted by Crippen LogP contribution is -2.23. The second-order valence-corrected chi connectivity index (χ2v) is 7.24. The van der Waals surface area contributed by atoms with E-state index in [-0.39, 0.29) is 17.9 Å². The van der Waals surface area contributed by atoms with Crippen molar-refractivity contribution < 1.29 is 17.9 Å². The molecule has 0 amide bonds. The molecule has 7 heteroatoms. The summed E-state index contributed by atoms with van der Waals surface area (Å²) in [5.74, 6) is -0.198. The zero-order valence-electron chi connectivity index (χ0n) is 16.3. The third-order valence-corrected chi connectivity index (χ3v) is 5.06. The highest BCUT2D eigenvalue weighted by Crippen LogP contribution is 2.38. The number of nitrogens with zero attached hydrogens (tertiary/aromatic N) is 3. The van der Waals surface area contributed by atoms with Crippen molar-refractivity contribution in [2.45, 2.75) is 64.1 Å². The van der Waals surface area contributed by atoms with Gasteiger partial charge in [-0.1, -0.05) is 31.9 Å². The van der Waals surface area contributed by atoms with Crippen molar-refractivity contribution in [1.29, 1.82) is 0 Å². The lowest BCUT2D eigenvalue weighted by atomic mass is 9.98. The highest BCUT2D eigenvalue weighted by Gasteiger charge is 2.37. The Kier molecular flexibility index (Phi) is 6.42. The summed E-state index contributed by atoms with van der Waals surface area (Å²) in [6.45, 7) is 2.09. The van der Waals surface area contributed by atoms with Gasteiger partial charge in [0.2, 0.25) is 0 Å². The number of alkyl halides is 3. The van der Waals surface area contributed by atoms with Gasteiger partial charge < -0.3 is 9.64 Å². The number of hydrogen-bond acceptors (Lipinski definition) is 4. The van der Waals surface area contributed by atoms with Crippen molar-refractivity contribution in [3.8, 4) is 6.01 Å². The Bertz CT molecular complexity index is 771. The van der Waals surface area contributed by atoms with Gasteiger partial charge in [-0.25, -0.2) is 4.98 Å². The highest BCUT2D eigenvalue weighted by atomic mass is 19.4. The smallest absolute Gasteiger partial charge is 0.421 e. The molecule has 1 aromatic carbocycles. The fourth-order valence-electron chi connectivity index (χ4n) is 3.50. The van der Waals surface area contributed by atoms with Gasteiger partial charge in [0.25, 0.3) is 0 Å². The molecular weight excluding hydrogens is 367 g/mol. The molecule has 3 rings (SSSR count). The second-order valence-electron chi connectivity index (χ2n) is 7.24. The summed E-state index contributed by atoms with van der Waals surface area (Å²) in [5, 5.41) is 0. The van der Waals surface area contributed by atoms with E-state index in [0.29, 0.717) is 5.69 Å². The summed E-state index contributed by atoms with van der Waals surface area (Å²) in [4.78, 5) is 9.41. The standard InChI is InChI=1S/C21H26F3N3O/c1-3-7-15-10-12-16(13-11-15)27(2)19-18(21(22,23)24)14-25-20(26-19)28-17-8-5-4-6-9-17/h10-14,17H,3-9H2,1-2H3. The second kappa shape index (κ2) is 8.80. The fourth-order valence-corrected chi connectivity index (χ4v) is 3.50. The molecule has 0 spiro atoms. The van der Waals surface area contributed by atoms with Crippen LogP contribution in [0.3, 0.4) is 0 Å². The molecule has 2 aromatic rings. The van der Waals surface area contributed by atoms with Gasteiger partial charge in [-0.15, -0.1) is 0 Å². The Labute approximate surface area is 163 Å². The van der Waals surface area contributed by atoms with Crippen LogP contribution in [0.25, 0.3) is 0 Å². The number of aryl methyl sites for hydroxylation is 1. The Hall–Kier alpha value is -2.31. The van der Waals surface area contributed by atoms with E-state index in [1.807, 2.05) is 24.3 Å². The monoisotopic (exact) mass is 393 g/mol. The van der Waals surface area contributed by atoms with Crippen molar-refractivity contribution in [1.82, 2.24) is 9.97 Å². The Morgan fingerprint density at radius 1 is 1.11 bits per heavy atom. The minimum absolute atomic E-state index is 0.00403. The summed E-state index contributed by atoms with van der Waals surface area (Å²) >= 11 is 0. The number of hydrogen-bond donors (Lipinski definition) is 0. The number of anilines is 2. The van der Waals surface area contributed by atoms with Crippen LogP contribution < -0.4 is 9.64 Å². The fraction of sp³-hybridized carbons (Fsp3) is 0.524. The summed E-state index contributed by atoms with van der Waals surface area (Å²) in [6.07, 6.45) is 3.24. The van der Waals surface area contributed by atoms with Gasteiger partial charge in [0, 0.05) is 18.9 Å². The zero-order valence-corrected chi connectivity index (χ0v) is 16.3. The summed E-state index contributed by atoms with van der Waals surface area (Å²) in [5.41, 5.74) is 0.913. The van der Waals surface area contributed by atoms with Crippen LogP contribution in [-0.4, -0.2) is 23.1 Å². The van der Waals surface area contributed by atoms with E-state index >= 15 is 0 Å². The lowest BCUT2D eigenvalue weighted by Gasteiger charge is -2.25. The van der Waals surface area contributed by atoms with Crippen molar-refractivity contribution >= 4 is 11.5 Å². The van der Waals surface area contributed by atoms with Crippen LogP contribution in [0.5, 0.6) is 6.01 Å². The molecule has 0 unspecified atom stereocenters. The SMILES string of the molecule is CCCc1ccc(N(C)c2nc(OC3CCCCC3)ncc2C(F)(F)F)cc1. The third kappa shape index (κ3) is 4.94. The lowest BCUT2D eigenvalue weighted by molar-refractivity contribution is -0.137. The molecule has 1 saturated carbocycles. The van der Waals surface area contributed by atoms with Crippen LogP contribution in [0.2, 0.25) is 0 Å². The number of ether oxygens (including phenoxy) is 1. The Balaban J connectivity index is 1.89. The van der Waals surface area contributed by atoms with Crippen molar-refractivity contribution in [2.24, 2.45) is 0 Å². The molecule has 28 heavy (non-hydrogen) atoms. The molecule has 0 saturated heterocycles. The van der Waals surface area contributed by atoms with Crippen LogP contribution >= 0.6 is 0 Å². The molecule has 0 aliphatic heterocycles. The predicted molar refractivity (Wildman–Crippen MR) is 103 cm³/mol. The predicted octanol–water partition coefficient (Wildman–Crippen LogP) is 5.93. The maximum absolute atomic E-state index is 13.5. The van der Waals surface area contributed by atoms with E-state index in [1.165, 1.54) is 4.90 Å². The van der Waals surface area contributed by atoms with E-state index in [1.54, 1.807) is 7.05 Å². The molecule has 1 fully saturated rings. The molecule has 0 N–H and O–H groups in total. The first-order valence-electron chi connectivity index (χ1n) is 9.82. The number of halogens is 3. The van der Waals surface area contributed by atoms with Gasteiger partial charge in [-0.2, -0.15) is 18.2 Å². The largest absolute Gasteiger partial charge is 0.460 e. The maximum Gasteiger partial charge on any atom is 0.421 e. The van der Waals surface area contributed by atoms with Gasteiger partial charge >= 0.3 is 12.2 Å². The molecule has 0 atom stereocenters. The molecular formula is C21H26F3N3O. The van der Waals surface area contributed by atoms with Crippen molar-refractivity contribution in [2.75, 3.05) is 11.9 Å². The molecule has 0 radical (unpaired) electrons. The molecule has 4 nitrogen and oxygen atoms in total. The van der Waals surface area contributed by atoms with E-state index in [2.05, 4.69) is 16.9 Å². The van der Waals surface area contributed by atoms with Crippen LogP contribution in [-0.2, 0) is 12.6 Å². The topological polar surface area (TPSA) is 38.2 Å². The third-order valence-electron chi connectivity index (χ3n) is 5.06. The van der Waals surface area contributed by atoms with Crippen LogP contribution in [0.1, 0.15) is 56.6 Å². The Morgan fingerprint density at radius 3 is 2.39 bits per heavy atom. The van der Waals surface area contributed by atoms with E-state index in [0.717, 1.165) is 56.7 Å². The quantitative estimate of drug-likeness (QED) is 0.610. The first kappa shape index (κ1) is 20.4.